The minimum absolute atomic E-state index is 0.388. The molecule has 0 radical (unpaired) electrons. The first-order valence-electron chi connectivity index (χ1n) is 5.78. The number of hydrogen-bond acceptors (Lipinski definition) is 3. The lowest BCUT2D eigenvalue weighted by Gasteiger charge is -2.14. The fourth-order valence-electron chi connectivity index (χ4n) is 1.51. The van der Waals surface area contributed by atoms with Crippen LogP contribution in [0.25, 0.3) is 0 Å². The molecule has 5 heteroatoms. The van der Waals surface area contributed by atoms with Crippen LogP contribution in [0.5, 0.6) is 5.75 Å². The van der Waals surface area contributed by atoms with Gasteiger partial charge in [-0.25, -0.2) is 0 Å². The molecule has 0 bridgehead atoms. The number of rotatable bonds is 2. The summed E-state index contributed by atoms with van der Waals surface area (Å²) in [6.45, 7) is 8.39. The van der Waals surface area contributed by atoms with E-state index >= 15 is 0 Å². The summed E-state index contributed by atoms with van der Waals surface area (Å²) in [5.41, 5.74) is 2.09. The van der Waals surface area contributed by atoms with E-state index in [2.05, 4.69) is 27.7 Å². The first-order valence-corrected chi connectivity index (χ1v) is 7.63. The standard InChI is InChI=1S/C12H18O.CH4O3S/c1-8(2)10-6-5-7-11(9(3)4)12(10)13;1-5(2,3)4/h5-9,13H,1-4H3;1H3,(H,2,3,4). The Bertz CT molecular complexity index is 442. The highest BCUT2D eigenvalue weighted by Gasteiger charge is 2.11. The zero-order valence-corrected chi connectivity index (χ0v) is 12.3. The van der Waals surface area contributed by atoms with Gasteiger partial charge in [0.05, 0.1) is 6.26 Å². The third kappa shape index (κ3) is 6.61. The number of phenolic OH excluding ortho intramolecular Hbond substituents is 1. The predicted molar refractivity (Wildman–Crippen MR) is 73.8 cm³/mol. The zero-order valence-electron chi connectivity index (χ0n) is 11.5. The third-order valence-electron chi connectivity index (χ3n) is 2.34. The Kier molecular flexibility index (Phi) is 6.35. The predicted octanol–water partition coefficient (Wildman–Crippen LogP) is 3.14. The first kappa shape index (κ1) is 16.9. The molecule has 0 spiro atoms. The van der Waals surface area contributed by atoms with Crippen LogP contribution in [0.4, 0.5) is 0 Å². The van der Waals surface area contributed by atoms with Crippen LogP contribution in [0.15, 0.2) is 18.2 Å². The van der Waals surface area contributed by atoms with Gasteiger partial charge in [-0.1, -0.05) is 45.9 Å². The van der Waals surface area contributed by atoms with Crippen molar-refractivity contribution in [3.05, 3.63) is 29.3 Å². The van der Waals surface area contributed by atoms with E-state index < -0.39 is 10.1 Å². The van der Waals surface area contributed by atoms with Gasteiger partial charge in [-0.3, -0.25) is 4.55 Å². The van der Waals surface area contributed by atoms with Gasteiger partial charge in [0.1, 0.15) is 5.75 Å². The molecule has 0 aliphatic heterocycles. The van der Waals surface area contributed by atoms with Crippen LogP contribution in [0, 0.1) is 0 Å². The minimum Gasteiger partial charge on any atom is -0.507 e. The van der Waals surface area contributed by atoms with Gasteiger partial charge >= 0.3 is 0 Å². The van der Waals surface area contributed by atoms with E-state index in [4.69, 9.17) is 4.55 Å². The lowest BCUT2D eigenvalue weighted by molar-refractivity contribution is 0.454. The monoisotopic (exact) mass is 274 g/mol. The molecule has 1 aromatic rings. The number of para-hydroxylation sites is 1. The Balaban J connectivity index is 0.000000494. The Morgan fingerprint density at radius 1 is 1.00 bits per heavy atom. The van der Waals surface area contributed by atoms with Crippen LogP contribution in [0.2, 0.25) is 0 Å². The second-order valence-electron chi connectivity index (χ2n) is 4.83. The second-order valence-corrected chi connectivity index (χ2v) is 6.29. The largest absolute Gasteiger partial charge is 0.507 e. The highest BCUT2D eigenvalue weighted by atomic mass is 32.2. The van der Waals surface area contributed by atoms with Crippen molar-refractivity contribution in [1.29, 1.82) is 0 Å². The summed E-state index contributed by atoms with van der Waals surface area (Å²) in [6, 6.07) is 6.00. The Morgan fingerprint density at radius 3 is 1.50 bits per heavy atom. The SMILES string of the molecule is CC(C)c1cccc(C(C)C)c1O.CS(=O)(=O)O. The fraction of sp³-hybridized carbons (Fsp3) is 0.538. The van der Waals surface area contributed by atoms with Crippen LogP contribution in [0.3, 0.4) is 0 Å². The van der Waals surface area contributed by atoms with Crippen molar-refractivity contribution in [2.75, 3.05) is 6.26 Å². The Labute approximate surface area is 109 Å². The Morgan fingerprint density at radius 2 is 1.28 bits per heavy atom. The fourth-order valence-corrected chi connectivity index (χ4v) is 1.51. The minimum atomic E-state index is -3.67. The summed E-state index contributed by atoms with van der Waals surface area (Å²) < 4.78 is 25.9. The molecule has 18 heavy (non-hydrogen) atoms. The van der Waals surface area contributed by atoms with E-state index in [1.165, 1.54) is 0 Å². The van der Waals surface area contributed by atoms with E-state index in [0.717, 1.165) is 11.1 Å². The average Bonchev–Trinajstić information content (AvgIpc) is 2.14. The smallest absolute Gasteiger partial charge is 0.261 e. The van der Waals surface area contributed by atoms with Gasteiger partial charge in [0.2, 0.25) is 0 Å². The molecular weight excluding hydrogens is 252 g/mol. The van der Waals surface area contributed by atoms with Crippen molar-refractivity contribution in [2.45, 2.75) is 39.5 Å². The molecule has 0 heterocycles. The van der Waals surface area contributed by atoms with Gasteiger partial charge in [-0.2, -0.15) is 8.42 Å². The van der Waals surface area contributed by atoms with Crippen LogP contribution in [-0.2, 0) is 10.1 Å². The summed E-state index contributed by atoms with van der Waals surface area (Å²) in [4.78, 5) is 0. The molecule has 0 saturated carbocycles. The molecule has 0 saturated heterocycles. The summed E-state index contributed by atoms with van der Waals surface area (Å²) in [7, 11) is -3.67. The summed E-state index contributed by atoms with van der Waals surface area (Å²) in [5.74, 6) is 1.25. The van der Waals surface area contributed by atoms with Crippen molar-refractivity contribution in [3.63, 3.8) is 0 Å². The quantitative estimate of drug-likeness (QED) is 0.812. The molecule has 0 fully saturated rings. The first-order chi connectivity index (χ1) is 8.04. The molecule has 0 aromatic heterocycles. The summed E-state index contributed by atoms with van der Waals surface area (Å²) in [5, 5.41) is 9.93. The molecule has 4 nitrogen and oxygen atoms in total. The van der Waals surface area contributed by atoms with Gasteiger partial charge in [0.25, 0.3) is 10.1 Å². The van der Waals surface area contributed by atoms with Crippen molar-refractivity contribution in [2.24, 2.45) is 0 Å². The van der Waals surface area contributed by atoms with Crippen molar-refractivity contribution in [1.82, 2.24) is 0 Å². The molecule has 0 aliphatic carbocycles. The van der Waals surface area contributed by atoms with Crippen LogP contribution < -0.4 is 0 Å². The molecular formula is C13H22O4S. The van der Waals surface area contributed by atoms with E-state index in [1.807, 2.05) is 18.2 Å². The van der Waals surface area contributed by atoms with Gasteiger partial charge in [-0.15, -0.1) is 0 Å². The molecule has 1 aromatic carbocycles. The van der Waals surface area contributed by atoms with Crippen LogP contribution in [-0.4, -0.2) is 24.3 Å². The zero-order chi connectivity index (χ0) is 14.5. The number of phenols is 1. The third-order valence-corrected chi connectivity index (χ3v) is 2.34. The second kappa shape index (κ2) is 6.75. The van der Waals surface area contributed by atoms with Gasteiger partial charge in [0, 0.05) is 0 Å². The molecule has 0 atom stereocenters. The Hall–Kier alpha value is -1.07. The maximum absolute atomic E-state index is 9.93. The van der Waals surface area contributed by atoms with E-state index in [-0.39, 0.29) is 0 Å². The lowest BCUT2D eigenvalue weighted by Crippen LogP contribution is -1.94. The average molecular weight is 274 g/mol. The highest BCUT2D eigenvalue weighted by Crippen LogP contribution is 2.32. The van der Waals surface area contributed by atoms with Crippen molar-refractivity contribution in [3.8, 4) is 5.75 Å². The van der Waals surface area contributed by atoms with Gasteiger partial charge < -0.3 is 5.11 Å². The maximum atomic E-state index is 9.93. The summed E-state index contributed by atoms with van der Waals surface area (Å²) in [6.07, 6.45) is 0.715. The van der Waals surface area contributed by atoms with Gasteiger partial charge in [0.15, 0.2) is 0 Å². The van der Waals surface area contributed by atoms with E-state index in [0.29, 0.717) is 23.8 Å². The highest BCUT2D eigenvalue weighted by molar-refractivity contribution is 7.85. The molecule has 0 unspecified atom stereocenters. The molecule has 1 rings (SSSR count). The normalized spacial score (nSPS) is 11.3. The molecule has 0 aliphatic rings. The van der Waals surface area contributed by atoms with Gasteiger partial charge in [-0.05, 0) is 23.0 Å². The number of aromatic hydroxyl groups is 1. The van der Waals surface area contributed by atoms with Crippen LogP contribution in [0.1, 0.15) is 50.7 Å². The number of hydrogen-bond donors (Lipinski definition) is 2. The molecule has 104 valence electrons. The lowest BCUT2D eigenvalue weighted by atomic mass is 9.94. The molecule has 0 amide bonds. The van der Waals surface area contributed by atoms with E-state index in [1.54, 1.807) is 0 Å². The van der Waals surface area contributed by atoms with Crippen molar-refractivity contribution < 1.29 is 18.1 Å². The topological polar surface area (TPSA) is 74.6 Å². The van der Waals surface area contributed by atoms with E-state index in [9.17, 15) is 13.5 Å². The molecule has 2 N–H and O–H groups in total. The summed E-state index contributed by atoms with van der Waals surface area (Å²) >= 11 is 0. The number of benzene rings is 1. The van der Waals surface area contributed by atoms with Crippen LogP contribution >= 0.6 is 0 Å². The maximum Gasteiger partial charge on any atom is 0.261 e. The van der Waals surface area contributed by atoms with Crippen molar-refractivity contribution >= 4 is 10.1 Å².